The van der Waals surface area contributed by atoms with Crippen LogP contribution in [0.2, 0.25) is 0 Å². The number of methoxy groups -OCH3 is 1. The maximum absolute atomic E-state index is 13.5. The molecule has 1 fully saturated rings. The van der Waals surface area contributed by atoms with Gasteiger partial charge in [-0.15, -0.1) is 0 Å². The van der Waals surface area contributed by atoms with Crippen LogP contribution in [0.25, 0.3) is 10.9 Å². The molecule has 3 aromatic rings. The molecule has 1 aliphatic rings. The number of nitrogens with one attached hydrogen (secondary N) is 1. The van der Waals surface area contributed by atoms with Gasteiger partial charge in [-0.2, -0.15) is 0 Å². The van der Waals surface area contributed by atoms with Crippen molar-refractivity contribution in [2.75, 3.05) is 31.6 Å². The molecule has 158 valence electrons. The minimum Gasteiger partial charge on any atom is -0.497 e. The van der Waals surface area contributed by atoms with E-state index in [1.165, 1.54) is 17.7 Å². The van der Waals surface area contributed by atoms with E-state index in [2.05, 4.69) is 27.3 Å². The Morgan fingerprint density at radius 1 is 1.10 bits per heavy atom. The van der Waals surface area contributed by atoms with Gasteiger partial charge in [0.15, 0.2) is 0 Å². The van der Waals surface area contributed by atoms with E-state index < -0.39 is 0 Å². The fraction of sp³-hybridized carbons (Fsp3) is 0.417. The van der Waals surface area contributed by atoms with E-state index >= 15 is 0 Å². The SMILES string of the molecule is COc1ccc(CCNC2CCCN(c3nc(C)c4cc(F)ccc4n3)CC2)cc1. The van der Waals surface area contributed by atoms with Crippen molar-refractivity contribution in [2.24, 2.45) is 0 Å². The first-order valence-corrected chi connectivity index (χ1v) is 10.7. The quantitative estimate of drug-likeness (QED) is 0.660. The second-order valence-corrected chi connectivity index (χ2v) is 7.94. The third-order valence-electron chi connectivity index (χ3n) is 5.85. The molecule has 0 radical (unpaired) electrons. The van der Waals surface area contributed by atoms with Crippen molar-refractivity contribution >= 4 is 16.9 Å². The number of aryl methyl sites for hydroxylation is 1. The molecule has 0 amide bonds. The molecular formula is C24H29FN4O. The fourth-order valence-corrected chi connectivity index (χ4v) is 4.09. The summed E-state index contributed by atoms with van der Waals surface area (Å²) in [5.74, 6) is 1.40. The smallest absolute Gasteiger partial charge is 0.226 e. The highest BCUT2D eigenvalue weighted by atomic mass is 19.1. The van der Waals surface area contributed by atoms with E-state index in [1.807, 2.05) is 19.1 Å². The van der Waals surface area contributed by atoms with Gasteiger partial charge in [-0.05, 0) is 75.0 Å². The predicted molar refractivity (Wildman–Crippen MR) is 119 cm³/mol. The maximum atomic E-state index is 13.5. The molecule has 1 unspecified atom stereocenters. The summed E-state index contributed by atoms with van der Waals surface area (Å²) in [5.41, 5.74) is 2.94. The number of aromatic nitrogens is 2. The zero-order chi connectivity index (χ0) is 20.9. The van der Waals surface area contributed by atoms with E-state index in [1.54, 1.807) is 13.2 Å². The molecule has 1 atom stereocenters. The van der Waals surface area contributed by atoms with Gasteiger partial charge >= 0.3 is 0 Å². The van der Waals surface area contributed by atoms with Crippen molar-refractivity contribution in [1.82, 2.24) is 15.3 Å². The lowest BCUT2D eigenvalue weighted by Gasteiger charge is -2.21. The van der Waals surface area contributed by atoms with Crippen LogP contribution in [0.4, 0.5) is 10.3 Å². The average Bonchev–Trinajstić information content (AvgIpc) is 3.00. The molecule has 1 aliphatic heterocycles. The molecule has 5 nitrogen and oxygen atoms in total. The van der Waals surface area contributed by atoms with Crippen molar-refractivity contribution in [1.29, 1.82) is 0 Å². The Kier molecular flexibility index (Phi) is 6.43. The van der Waals surface area contributed by atoms with E-state index in [9.17, 15) is 4.39 Å². The van der Waals surface area contributed by atoms with Crippen molar-refractivity contribution < 1.29 is 9.13 Å². The Labute approximate surface area is 177 Å². The van der Waals surface area contributed by atoms with Crippen LogP contribution in [0.15, 0.2) is 42.5 Å². The van der Waals surface area contributed by atoms with Gasteiger partial charge in [-0.25, -0.2) is 14.4 Å². The highest BCUT2D eigenvalue weighted by Gasteiger charge is 2.19. The van der Waals surface area contributed by atoms with Gasteiger partial charge < -0.3 is 15.0 Å². The number of benzene rings is 2. The third kappa shape index (κ3) is 4.87. The second kappa shape index (κ2) is 9.39. The number of fused-ring (bicyclic) bond motifs is 1. The second-order valence-electron chi connectivity index (χ2n) is 7.94. The number of hydrogen-bond donors (Lipinski definition) is 1. The predicted octanol–water partition coefficient (Wildman–Crippen LogP) is 4.28. The first kappa shape index (κ1) is 20.5. The summed E-state index contributed by atoms with van der Waals surface area (Å²) >= 11 is 0. The lowest BCUT2D eigenvalue weighted by molar-refractivity contribution is 0.414. The summed E-state index contributed by atoms with van der Waals surface area (Å²) < 4.78 is 18.8. The Morgan fingerprint density at radius 3 is 2.73 bits per heavy atom. The van der Waals surface area contributed by atoms with Gasteiger partial charge in [0.25, 0.3) is 0 Å². The first-order chi connectivity index (χ1) is 14.6. The van der Waals surface area contributed by atoms with Crippen LogP contribution in [0.1, 0.15) is 30.5 Å². The van der Waals surface area contributed by atoms with Gasteiger partial charge in [0.2, 0.25) is 5.95 Å². The third-order valence-corrected chi connectivity index (χ3v) is 5.85. The zero-order valence-corrected chi connectivity index (χ0v) is 17.7. The number of hydrogen-bond acceptors (Lipinski definition) is 5. The van der Waals surface area contributed by atoms with E-state index in [4.69, 9.17) is 9.72 Å². The minimum absolute atomic E-state index is 0.250. The molecule has 1 aromatic heterocycles. The van der Waals surface area contributed by atoms with Crippen LogP contribution in [-0.4, -0.2) is 42.8 Å². The lowest BCUT2D eigenvalue weighted by atomic mass is 10.1. The van der Waals surface area contributed by atoms with E-state index in [-0.39, 0.29) is 5.82 Å². The molecule has 0 spiro atoms. The number of halogens is 1. The van der Waals surface area contributed by atoms with Gasteiger partial charge in [-0.3, -0.25) is 0 Å². The maximum Gasteiger partial charge on any atom is 0.226 e. The van der Waals surface area contributed by atoms with Gasteiger partial charge in [-0.1, -0.05) is 12.1 Å². The van der Waals surface area contributed by atoms with E-state index in [0.29, 0.717) is 6.04 Å². The average molecular weight is 409 g/mol. The topological polar surface area (TPSA) is 50.3 Å². The van der Waals surface area contributed by atoms with Gasteiger partial charge in [0, 0.05) is 24.5 Å². The standard InChI is InChI=1S/C24H29FN4O/c1-17-22-16-19(25)7-10-23(22)28-24(27-17)29-14-3-4-20(12-15-29)26-13-11-18-5-8-21(30-2)9-6-18/h5-10,16,20,26H,3-4,11-15H2,1-2H3. The molecule has 2 heterocycles. The number of ether oxygens (including phenoxy) is 1. The van der Waals surface area contributed by atoms with Crippen molar-refractivity contribution in [3.8, 4) is 5.75 Å². The van der Waals surface area contributed by atoms with Crippen molar-refractivity contribution in [3.05, 3.63) is 59.5 Å². The Balaban J connectivity index is 1.33. The molecule has 2 aromatic carbocycles. The first-order valence-electron chi connectivity index (χ1n) is 10.7. The van der Waals surface area contributed by atoms with E-state index in [0.717, 1.165) is 73.6 Å². The molecule has 0 bridgehead atoms. The number of rotatable bonds is 6. The summed E-state index contributed by atoms with van der Waals surface area (Å²) in [7, 11) is 1.69. The largest absolute Gasteiger partial charge is 0.497 e. The Bertz CT molecular complexity index is 992. The highest BCUT2D eigenvalue weighted by Crippen LogP contribution is 2.22. The van der Waals surface area contributed by atoms with Crippen LogP contribution < -0.4 is 15.0 Å². The normalized spacial score (nSPS) is 17.2. The monoisotopic (exact) mass is 408 g/mol. The fourth-order valence-electron chi connectivity index (χ4n) is 4.09. The molecular weight excluding hydrogens is 379 g/mol. The zero-order valence-electron chi connectivity index (χ0n) is 17.7. The number of anilines is 1. The summed E-state index contributed by atoms with van der Waals surface area (Å²) in [6.45, 7) is 4.76. The molecule has 0 aliphatic carbocycles. The summed E-state index contributed by atoms with van der Waals surface area (Å²) in [5, 5.41) is 4.50. The highest BCUT2D eigenvalue weighted by molar-refractivity contribution is 5.81. The van der Waals surface area contributed by atoms with Crippen molar-refractivity contribution in [3.63, 3.8) is 0 Å². The van der Waals surface area contributed by atoms with Crippen LogP contribution in [-0.2, 0) is 6.42 Å². The van der Waals surface area contributed by atoms with Gasteiger partial charge in [0.05, 0.1) is 18.3 Å². The molecule has 6 heteroatoms. The Morgan fingerprint density at radius 2 is 1.93 bits per heavy atom. The molecule has 1 saturated heterocycles. The molecule has 1 N–H and O–H groups in total. The number of nitrogens with zero attached hydrogens (tertiary/aromatic N) is 3. The lowest BCUT2D eigenvalue weighted by Crippen LogP contribution is -2.32. The summed E-state index contributed by atoms with van der Waals surface area (Å²) in [6, 6.07) is 13.5. The summed E-state index contributed by atoms with van der Waals surface area (Å²) in [4.78, 5) is 11.6. The minimum atomic E-state index is -0.250. The Hall–Kier alpha value is -2.73. The van der Waals surface area contributed by atoms with Crippen LogP contribution in [0.3, 0.4) is 0 Å². The van der Waals surface area contributed by atoms with Crippen LogP contribution >= 0.6 is 0 Å². The van der Waals surface area contributed by atoms with Crippen LogP contribution in [0.5, 0.6) is 5.75 Å². The van der Waals surface area contributed by atoms with Crippen molar-refractivity contribution in [2.45, 2.75) is 38.6 Å². The molecule has 4 rings (SSSR count). The molecule has 30 heavy (non-hydrogen) atoms. The molecule has 0 saturated carbocycles. The van der Waals surface area contributed by atoms with Gasteiger partial charge in [0.1, 0.15) is 11.6 Å². The summed E-state index contributed by atoms with van der Waals surface area (Å²) in [6.07, 6.45) is 4.32. The van der Waals surface area contributed by atoms with Crippen LogP contribution in [0, 0.1) is 12.7 Å².